The molecular formula is C32H33N3O3. The molecule has 1 aromatic heterocycles. The fourth-order valence-electron chi connectivity index (χ4n) is 5.05. The van der Waals surface area contributed by atoms with Crippen LogP contribution in [0.5, 0.6) is 5.75 Å². The lowest BCUT2D eigenvalue weighted by molar-refractivity contribution is -0.120. The zero-order valence-corrected chi connectivity index (χ0v) is 22.2. The largest absolute Gasteiger partial charge is 0.485 e. The summed E-state index contributed by atoms with van der Waals surface area (Å²) in [6.07, 6.45) is 1.66. The lowest BCUT2D eigenvalue weighted by Gasteiger charge is -2.27. The molecule has 5 rings (SSSR count). The van der Waals surface area contributed by atoms with Crippen molar-refractivity contribution < 1.29 is 14.3 Å². The van der Waals surface area contributed by atoms with Gasteiger partial charge in [0, 0.05) is 12.5 Å². The third kappa shape index (κ3) is 5.00. The molecule has 4 aromatic carbocycles. The number of para-hydroxylation sites is 3. The summed E-state index contributed by atoms with van der Waals surface area (Å²) in [5.41, 5.74) is 4.93. The Morgan fingerprint density at radius 1 is 0.868 bits per heavy atom. The number of aromatic nitrogens is 2. The van der Waals surface area contributed by atoms with Crippen LogP contribution in [0.15, 0.2) is 84.9 Å². The van der Waals surface area contributed by atoms with E-state index in [-0.39, 0.29) is 25.8 Å². The predicted molar refractivity (Wildman–Crippen MR) is 153 cm³/mol. The minimum atomic E-state index is -0.0583. The maximum atomic E-state index is 13.9. The van der Waals surface area contributed by atoms with Crippen LogP contribution in [-0.2, 0) is 35.5 Å². The fraction of sp³-hybridized carbons (Fsp3) is 0.250. The van der Waals surface area contributed by atoms with Gasteiger partial charge < -0.3 is 14.0 Å². The number of rotatable bonds is 10. The van der Waals surface area contributed by atoms with Crippen LogP contribution in [0, 0.1) is 0 Å². The van der Waals surface area contributed by atoms with Crippen LogP contribution in [0.3, 0.4) is 0 Å². The molecular weight excluding hydrogens is 474 g/mol. The molecule has 6 heteroatoms. The molecule has 38 heavy (non-hydrogen) atoms. The first kappa shape index (κ1) is 25.5. The highest BCUT2D eigenvalue weighted by atomic mass is 16.5. The molecule has 0 bridgehead atoms. The first-order chi connectivity index (χ1) is 18.6. The van der Waals surface area contributed by atoms with Crippen molar-refractivity contribution in [3.63, 3.8) is 0 Å². The Hall–Kier alpha value is -4.16. The number of fused-ring (bicyclic) bond motifs is 2. The van der Waals surface area contributed by atoms with Gasteiger partial charge in [-0.1, -0.05) is 80.6 Å². The number of aryl methyl sites for hydroxylation is 2. The third-order valence-corrected chi connectivity index (χ3v) is 6.93. The van der Waals surface area contributed by atoms with Crippen LogP contribution in [0.1, 0.15) is 30.8 Å². The molecule has 1 heterocycles. The van der Waals surface area contributed by atoms with Gasteiger partial charge in [-0.3, -0.25) is 9.69 Å². The van der Waals surface area contributed by atoms with Crippen molar-refractivity contribution in [1.82, 2.24) is 9.55 Å². The van der Waals surface area contributed by atoms with E-state index in [1.807, 2.05) is 53.1 Å². The quantitative estimate of drug-likeness (QED) is 0.202. The van der Waals surface area contributed by atoms with E-state index in [2.05, 4.69) is 50.2 Å². The van der Waals surface area contributed by atoms with E-state index in [0.717, 1.165) is 57.2 Å². The first-order valence-electron chi connectivity index (χ1n) is 13.1. The number of imidazole rings is 1. The standard InChI is InChI=1S/C32H33N3O3/c1-4-23-13-10-14-24(5-2)32(23)35(22-37-3)31(36)20-34-28-18-9-8-17-27(28)33-30(34)21-38-29-19-11-15-25-12-6-7-16-26(25)29/h6-19H,4-5,20-22H2,1-3H3. The number of methoxy groups -OCH3 is 1. The number of benzene rings is 4. The minimum Gasteiger partial charge on any atom is -0.485 e. The van der Waals surface area contributed by atoms with E-state index in [0.29, 0.717) is 5.82 Å². The molecule has 0 aliphatic rings. The molecule has 0 atom stereocenters. The fourth-order valence-corrected chi connectivity index (χ4v) is 5.05. The van der Waals surface area contributed by atoms with E-state index >= 15 is 0 Å². The second kappa shape index (κ2) is 11.5. The van der Waals surface area contributed by atoms with Crippen LogP contribution in [0.25, 0.3) is 21.8 Å². The Bertz CT molecular complexity index is 1550. The Balaban J connectivity index is 1.49. The normalized spacial score (nSPS) is 11.2. The van der Waals surface area contributed by atoms with Crippen LogP contribution < -0.4 is 9.64 Å². The molecule has 0 aliphatic heterocycles. The van der Waals surface area contributed by atoms with Gasteiger partial charge in [-0.25, -0.2) is 4.98 Å². The van der Waals surface area contributed by atoms with Gasteiger partial charge in [0.25, 0.3) is 0 Å². The van der Waals surface area contributed by atoms with E-state index < -0.39 is 0 Å². The zero-order chi connectivity index (χ0) is 26.5. The van der Waals surface area contributed by atoms with Gasteiger partial charge >= 0.3 is 0 Å². The average molecular weight is 508 g/mol. The summed E-state index contributed by atoms with van der Waals surface area (Å²) in [6, 6.07) is 28.3. The van der Waals surface area contributed by atoms with Gasteiger partial charge in [0.15, 0.2) is 0 Å². The molecule has 0 radical (unpaired) electrons. The van der Waals surface area contributed by atoms with Gasteiger partial charge in [-0.2, -0.15) is 0 Å². The number of anilines is 1. The second-order valence-corrected chi connectivity index (χ2v) is 9.24. The Morgan fingerprint density at radius 2 is 1.55 bits per heavy atom. The van der Waals surface area contributed by atoms with Crippen molar-refractivity contribution >= 4 is 33.4 Å². The summed E-state index contributed by atoms with van der Waals surface area (Å²) in [7, 11) is 1.62. The van der Waals surface area contributed by atoms with E-state index in [4.69, 9.17) is 14.5 Å². The SMILES string of the molecule is CCc1cccc(CC)c1N(COC)C(=O)Cn1c(COc2cccc3ccccc23)nc2ccccc21. The lowest BCUT2D eigenvalue weighted by Crippen LogP contribution is -2.37. The molecule has 0 N–H and O–H groups in total. The van der Waals surface area contributed by atoms with E-state index in [9.17, 15) is 4.79 Å². The van der Waals surface area contributed by atoms with Crippen molar-refractivity contribution in [1.29, 1.82) is 0 Å². The highest BCUT2D eigenvalue weighted by Crippen LogP contribution is 2.29. The molecule has 0 spiro atoms. The van der Waals surface area contributed by atoms with Gasteiger partial charge in [0.05, 0.1) is 16.7 Å². The predicted octanol–water partition coefficient (Wildman–Crippen LogP) is 6.53. The summed E-state index contributed by atoms with van der Waals surface area (Å²) in [5, 5.41) is 2.16. The van der Waals surface area contributed by atoms with Gasteiger partial charge in [-0.05, 0) is 47.6 Å². The Labute approximate surface area is 223 Å². The molecule has 0 saturated carbocycles. The third-order valence-electron chi connectivity index (χ3n) is 6.93. The first-order valence-corrected chi connectivity index (χ1v) is 13.1. The topological polar surface area (TPSA) is 56.6 Å². The summed E-state index contributed by atoms with van der Waals surface area (Å²) in [6.45, 7) is 4.77. The van der Waals surface area contributed by atoms with Gasteiger partial charge in [-0.15, -0.1) is 0 Å². The van der Waals surface area contributed by atoms with Gasteiger partial charge in [0.1, 0.15) is 31.5 Å². The number of carbonyl (C=O) groups excluding carboxylic acids is 1. The van der Waals surface area contributed by atoms with Gasteiger partial charge in [0.2, 0.25) is 5.91 Å². The number of hydrogen-bond acceptors (Lipinski definition) is 4. The Kier molecular flexibility index (Phi) is 7.70. The summed E-state index contributed by atoms with van der Waals surface area (Å²) in [4.78, 5) is 20.5. The van der Waals surface area contributed by atoms with Crippen molar-refractivity contribution in [2.24, 2.45) is 0 Å². The molecule has 0 saturated heterocycles. The Morgan fingerprint density at radius 3 is 2.32 bits per heavy atom. The lowest BCUT2D eigenvalue weighted by atomic mass is 10.0. The van der Waals surface area contributed by atoms with Crippen molar-refractivity contribution in [3.8, 4) is 5.75 Å². The highest BCUT2D eigenvalue weighted by Gasteiger charge is 2.23. The smallest absolute Gasteiger partial charge is 0.248 e. The number of nitrogens with zero attached hydrogens (tertiary/aromatic N) is 3. The highest BCUT2D eigenvalue weighted by molar-refractivity contribution is 5.95. The number of hydrogen-bond donors (Lipinski definition) is 0. The molecule has 6 nitrogen and oxygen atoms in total. The summed E-state index contributed by atoms with van der Waals surface area (Å²) < 4.78 is 13.8. The molecule has 0 aliphatic carbocycles. The number of ether oxygens (including phenoxy) is 2. The molecule has 194 valence electrons. The average Bonchev–Trinajstić information content (AvgIpc) is 3.31. The van der Waals surface area contributed by atoms with Crippen LogP contribution >= 0.6 is 0 Å². The summed E-state index contributed by atoms with van der Waals surface area (Å²) in [5.74, 6) is 1.43. The number of amides is 1. The second-order valence-electron chi connectivity index (χ2n) is 9.24. The van der Waals surface area contributed by atoms with Crippen molar-refractivity contribution in [3.05, 3.63) is 102 Å². The minimum absolute atomic E-state index is 0.0583. The monoisotopic (exact) mass is 507 g/mol. The molecule has 0 fully saturated rings. The van der Waals surface area contributed by atoms with Crippen LogP contribution in [0.4, 0.5) is 5.69 Å². The molecule has 5 aromatic rings. The van der Waals surface area contributed by atoms with Crippen molar-refractivity contribution in [2.45, 2.75) is 39.8 Å². The van der Waals surface area contributed by atoms with Crippen LogP contribution in [0.2, 0.25) is 0 Å². The summed E-state index contributed by atoms with van der Waals surface area (Å²) >= 11 is 0. The van der Waals surface area contributed by atoms with Crippen LogP contribution in [-0.4, -0.2) is 29.3 Å². The maximum Gasteiger partial charge on any atom is 0.248 e. The number of carbonyl (C=O) groups is 1. The van der Waals surface area contributed by atoms with Crippen molar-refractivity contribution in [2.75, 3.05) is 18.7 Å². The zero-order valence-electron chi connectivity index (χ0n) is 22.2. The molecule has 1 amide bonds. The van der Waals surface area contributed by atoms with E-state index in [1.54, 1.807) is 12.0 Å². The van der Waals surface area contributed by atoms with E-state index in [1.165, 1.54) is 0 Å². The molecule has 0 unspecified atom stereocenters. The maximum absolute atomic E-state index is 13.9.